The van der Waals surface area contributed by atoms with Crippen LogP contribution in [0, 0.1) is 0 Å². The summed E-state index contributed by atoms with van der Waals surface area (Å²) in [7, 11) is 0. The highest BCUT2D eigenvalue weighted by Crippen LogP contribution is 2.18. The fraction of sp³-hybridized carbons (Fsp3) is 0.750. The smallest absolute Gasteiger partial charge is 0.226 e. The first-order valence-corrected chi connectivity index (χ1v) is 13.1. The van der Waals surface area contributed by atoms with Gasteiger partial charge in [0.1, 0.15) is 0 Å². The van der Waals surface area contributed by atoms with Crippen molar-refractivity contribution in [2.75, 3.05) is 11.4 Å². The van der Waals surface area contributed by atoms with Crippen LogP contribution in [0.15, 0.2) is 30.3 Å². The number of carbonyl (C=O) groups excluding carboxylic acids is 1. The zero-order valence-electron chi connectivity index (χ0n) is 20.2. The first-order valence-electron chi connectivity index (χ1n) is 13.1. The lowest BCUT2D eigenvalue weighted by Gasteiger charge is -2.23. The van der Waals surface area contributed by atoms with Crippen LogP contribution >= 0.6 is 0 Å². The molecule has 0 fully saturated rings. The molecule has 0 atom stereocenters. The molecule has 30 heavy (non-hydrogen) atoms. The van der Waals surface area contributed by atoms with Gasteiger partial charge >= 0.3 is 0 Å². The van der Waals surface area contributed by atoms with Crippen molar-refractivity contribution in [2.24, 2.45) is 0 Å². The molecule has 0 heterocycles. The van der Waals surface area contributed by atoms with Gasteiger partial charge in [0.05, 0.1) is 0 Å². The Balaban J connectivity index is 2.25. The van der Waals surface area contributed by atoms with E-state index in [1.165, 1.54) is 96.3 Å². The fourth-order valence-electron chi connectivity index (χ4n) is 4.13. The second-order valence-corrected chi connectivity index (χ2v) is 8.93. The molecule has 1 aromatic carbocycles. The highest BCUT2D eigenvalue weighted by atomic mass is 16.2. The topological polar surface area (TPSA) is 20.3 Å². The molecule has 0 radical (unpaired) electrons. The Hall–Kier alpha value is -1.31. The highest BCUT2D eigenvalue weighted by Gasteiger charge is 2.14. The lowest BCUT2D eigenvalue weighted by atomic mass is 10.1. The van der Waals surface area contributed by atoms with E-state index < -0.39 is 0 Å². The Morgan fingerprint density at radius 3 is 1.53 bits per heavy atom. The zero-order chi connectivity index (χ0) is 21.7. The summed E-state index contributed by atoms with van der Waals surface area (Å²) in [5, 5.41) is 0. The summed E-state index contributed by atoms with van der Waals surface area (Å²) >= 11 is 0. The predicted molar refractivity (Wildman–Crippen MR) is 133 cm³/mol. The Kier molecular flexibility index (Phi) is 17.5. The van der Waals surface area contributed by atoms with Gasteiger partial charge in [-0.05, 0) is 25.0 Å². The SMILES string of the molecule is CCCCCCCCCCCN(C(=O)CCCCCCCCCC)c1ccccc1. The molecule has 0 saturated carbocycles. The lowest BCUT2D eigenvalue weighted by Crippen LogP contribution is -2.31. The zero-order valence-corrected chi connectivity index (χ0v) is 20.2. The molecule has 1 aromatic rings. The molecule has 0 aliphatic rings. The highest BCUT2D eigenvalue weighted by molar-refractivity contribution is 5.93. The van der Waals surface area contributed by atoms with Crippen molar-refractivity contribution >= 4 is 11.6 Å². The van der Waals surface area contributed by atoms with Gasteiger partial charge in [0.15, 0.2) is 0 Å². The molecular formula is C28H49NO. The molecule has 0 aliphatic carbocycles. The van der Waals surface area contributed by atoms with Crippen LogP contribution in [0.3, 0.4) is 0 Å². The molecule has 1 rings (SSSR count). The van der Waals surface area contributed by atoms with Gasteiger partial charge in [-0.25, -0.2) is 0 Å². The second kappa shape index (κ2) is 19.6. The van der Waals surface area contributed by atoms with Crippen LogP contribution < -0.4 is 4.90 Å². The summed E-state index contributed by atoms with van der Waals surface area (Å²) in [5.41, 5.74) is 1.07. The van der Waals surface area contributed by atoms with Gasteiger partial charge in [-0.15, -0.1) is 0 Å². The molecule has 0 spiro atoms. The maximum Gasteiger partial charge on any atom is 0.226 e. The van der Waals surface area contributed by atoms with Crippen molar-refractivity contribution in [3.63, 3.8) is 0 Å². The van der Waals surface area contributed by atoms with Crippen molar-refractivity contribution in [3.8, 4) is 0 Å². The van der Waals surface area contributed by atoms with Crippen LogP contribution in [-0.4, -0.2) is 12.5 Å². The van der Waals surface area contributed by atoms with Crippen molar-refractivity contribution in [3.05, 3.63) is 30.3 Å². The van der Waals surface area contributed by atoms with E-state index in [-0.39, 0.29) is 0 Å². The van der Waals surface area contributed by atoms with E-state index in [0.717, 1.165) is 25.1 Å². The average Bonchev–Trinajstić information content (AvgIpc) is 2.77. The molecule has 0 unspecified atom stereocenters. The van der Waals surface area contributed by atoms with Crippen LogP contribution in [0.5, 0.6) is 0 Å². The van der Waals surface area contributed by atoms with Gasteiger partial charge in [0, 0.05) is 18.7 Å². The number of amides is 1. The number of anilines is 1. The third-order valence-corrected chi connectivity index (χ3v) is 6.10. The maximum atomic E-state index is 12.9. The van der Waals surface area contributed by atoms with Crippen molar-refractivity contribution in [2.45, 2.75) is 129 Å². The third-order valence-electron chi connectivity index (χ3n) is 6.10. The maximum absolute atomic E-state index is 12.9. The van der Waals surface area contributed by atoms with Gasteiger partial charge in [-0.3, -0.25) is 4.79 Å². The van der Waals surface area contributed by atoms with E-state index >= 15 is 0 Å². The molecule has 1 amide bonds. The van der Waals surface area contributed by atoms with Gasteiger partial charge in [-0.2, -0.15) is 0 Å². The molecule has 0 aliphatic heterocycles. The number of hydrogen-bond acceptors (Lipinski definition) is 1. The van der Waals surface area contributed by atoms with E-state index in [2.05, 4.69) is 26.0 Å². The molecule has 0 N–H and O–H groups in total. The number of unbranched alkanes of at least 4 members (excludes halogenated alkanes) is 15. The number of carbonyl (C=O) groups is 1. The predicted octanol–water partition coefficient (Wildman–Crippen LogP) is 9.08. The molecule has 2 heteroatoms. The Bertz CT molecular complexity index is 499. The number of para-hydroxylation sites is 1. The summed E-state index contributed by atoms with van der Waals surface area (Å²) in [6, 6.07) is 10.3. The third kappa shape index (κ3) is 13.8. The number of rotatable bonds is 20. The standard InChI is InChI=1S/C28H49NO/c1-3-5-7-9-11-13-15-17-22-26-29(27-23-19-18-20-24-27)28(30)25-21-16-14-12-10-8-6-4-2/h18-20,23-24H,3-17,21-22,25-26H2,1-2H3. The molecule has 172 valence electrons. The van der Waals surface area contributed by atoms with Crippen molar-refractivity contribution < 1.29 is 4.79 Å². The molecule has 0 bridgehead atoms. The Morgan fingerprint density at radius 2 is 1.03 bits per heavy atom. The molecular weight excluding hydrogens is 366 g/mol. The second-order valence-electron chi connectivity index (χ2n) is 8.93. The minimum Gasteiger partial charge on any atom is -0.312 e. The Morgan fingerprint density at radius 1 is 0.600 bits per heavy atom. The number of hydrogen-bond donors (Lipinski definition) is 0. The molecule has 2 nitrogen and oxygen atoms in total. The fourth-order valence-corrected chi connectivity index (χ4v) is 4.13. The quantitative estimate of drug-likeness (QED) is 0.194. The first kappa shape index (κ1) is 26.7. The largest absolute Gasteiger partial charge is 0.312 e. The van der Waals surface area contributed by atoms with Crippen molar-refractivity contribution in [1.29, 1.82) is 0 Å². The van der Waals surface area contributed by atoms with Crippen LogP contribution in [0.2, 0.25) is 0 Å². The van der Waals surface area contributed by atoms with E-state index in [4.69, 9.17) is 0 Å². The Labute approximate surface area is 187 Å². The van der Waals surface area contributed by atoms with Gasteiger partial charge in [0.2, 0.25) is 5.91 Å². The van der Waals surface area contributed by atoms with Crippen LogP contribution in [0.25, 0.3) is 0 Å². The van der Waals surface area contributed by atoms with Gasteiger partial charge in [-0.1, -0.05) is 128 Å². The van der Waals surface area contributed by atoms with Crippen LogP contribution in [-0.2, 0) is 4.79 Å². The molecule has 0 saturated heterocycles. The van der Waals surface area contributed by atoms with Gasteiger partial charge < -0.3 is 4.90 Å². The normalized spacial score (nSPS) is 11.0. The van der Waals surface area contributed by atoms with Crippen LogP contribution in [0.1, 0.15) is 129 Å². The lowest BCUT2D eigenvalue weighted by molar-refractivity contribution is -0.118. The van der Waals surface area contributed by atoms with E-state index in [9.17, 15) is 4.79 Å². The van der Waals surface area contributed by atoms with Crippen molar-refractivity contribution in [1.82, 2.24) is 0 Å². The van der Waals surface area contributed by atoms with E-state index in [0.29, 0.717) is 12.3 Å². The van der Waals surface area contributed by atoms with E-state index in [1.54, 1.807) is 0 Å². The number of benzene rings is 1. The minimum absolute atomic E-state index is 0.312. The minimum atomic E-state index is 0.312. The monoisotopic (exact) mass is 415 g/mol. The summed E-state index contributed by atoms with van der Waals surface area (Å²) in [6.45, 7) is 5.41. The summed E-state index contributed by atoms with van der Waals surface area (Å²) < 4.78 is 0. The summed E-state index contributed by atoms with van der Waals surface area (Å²) in [4.78, 5) is 15.0. The van der Waals surface area contributed by atoms with E-state index in [1.807, 2.05) is 23.1 Å². The average molecular weight is 416 g/mol. The van der Waals surface area contributed by atoms with Crippen LogP contribution in [0.4, 0.5) is 5.69 Å². The summed E-state index contributed by atoms with van der Waals surface area (Å²) in [6.07, 6.45) is 22.8. The number of nitrogens with zero attached hydrogens (tertiary/aromatic N) is 1. The first-order chi connectivity index (χ1) is 14.8. The summed E-state index contributed by atoms with van der Waals surface area (Å²) in [5.74, 6) is 0.312. The molecule has 0 aromatic heterocycles. The van der Waals surface area contributed by atoms with Gasteiger partial charge in [0.25, 0.3) is 0 Å².